The van der Waals surface area contributed by atoms with Crippen LogP contribution in [0.4, 0.5) is 9.59 Å². The van der Waals surface area contributed by atoms with E-state index in [2.05, 4.69) is 37.4 Å². The third-order valence-electron chi connectivity index (χ3n) is 10.2. The third kappa shape index (κ3) is 8.60. The molecule has 4 heterocycles. The Hall–Kier alpha value is -5.88. The average molecular weight is 753 g/mol. The molecule has 0 bridgehead atoms. The van der Waals surface area contributed by atoms with E-state index in [1.165, 1.54) is 14.2 Å². The van der Waals surface area contributed by atoms with Crippen LogP contribution in [0.2, 0.25) is 0 Å². The van der Waals surface area contributed by atoms with Crippen LogP contribution in [0.25, 0.3) is 22.3 Å². The summed E-state index contributed by atoms with van der Waals surface area (Å²) in [6, 6.07) is 11.2. The fourth-order valence-electron chi connectivity index (χ4n) is 7.18. The lowest BCUT2D eigenvalue weighted by Gasteiger charge is -2.29. The molecular weight excluding hydrogens is 704 g/mol. The second-order valence-corrected chi connectivity index (χ2v) is 14.7. The fourth-order valence-corrected chi connectivity index (χ4v) is 7.18. The largest absolute Gasteiger partial charge is 0.453 e. The molecule has 2 aliphatic heterocycles. The molecule has 55 heavy (non-hydrogen) atoms. The maximum Gasteiger partial charge on any atom is 0.407 e. The topological polar surface area (TPSA) is 195 Å². The van der Waals surface area contributed by atoms with Gasteiger partial charge in [0.25, 0.3) is 0 Å². The highest BCUT2D eigenvalue weighted by Crippen LogP contribution is 2.34. The molecule has 2 saturated heterocycles. The Labute approximate surface area is 319 Å². The predicted octanol–water partition coefficient (Wildman–Crippen LogP) is 4.41. The molecule has 2 aliphatic rings. The number of likely N-dealkylation sites (tertiary alicyclic amines) is 2. The number of ether oxygens (including phenoxy) is 2. The maximum atomic E-state index is 13.5. The number of carbonyl (C=O) groups is 4. The second kappa shape index (κ2) is 16.6. The number of β-amino-alcohol motifs (C(OH)–C–C–N with tert-alkyl or cyclic N) is 1. The van der Waals surface area contributed by atoms with Gasteiger partial charge in [0.15, 0.2) is 0 Å². The standard InChI is InChI=1S/C40H48N8O7/c1-22(2)33(45-39(52)54-5)37(50)47-17-7-8-31(47)36-42-28-16-13-25(18-29(28)43-36)10-9-24-11-14-26(15-12-24)30-20-41-35(44-30)32-19-27(49)21-48(32)38(51)34(23(3)4)46-40(53)55-6/h11-16,18,20,22-23,27,31-34,49H,7-8,17,19,21H2,1-6H3,(H,41,44)(H,42,43)(H,45,52)(H,46,53)/t27-,31+,32+,33+,34+/m1/s1. The molecule has 5 N–H and O–H groups in total. The van der Waals surface area contributed by atoms with Crippen LogP contribution in [-0.2, 0) is 19.1 Å². The summed E-state index contributed by atoms with van der Waals surface area (Å²) in [5, 5.41) is 15.8. The molecule has 15 nitrogen and oxygen atoms in total. The quantitative estimate of drug-likeness (QED) is 0.154. The molecule has 0 radical (unpaired) electrons. The molecular formula is C40H48N8O7. The summed E-state index contributed by atoms with van der Waals surface area (Å²) in [5.74, 6) is 6.91. The minimum Gasteiger partial charge on any atom is -0.453 e. The van der Waals surface area contributed by atoms with E-state index in [9.17, 15) is 24.3 Å². The van der Waals surface area contributed by atoms with Gasteiger partial charge >= 0.3 is 12.2 Å². The number of amides is 4. The predicted molar refractivity (Wildman–Crippen MR) is 203 cm³/mol. The fraction of sp³-hybridized carbons (Fsp3) is 0.450. The molecule has 4 amide bonds. The smallest absolute Gasteiger partial charge is 0.407 e. The number of hydrogen-bond acceptors (Lipinski definition) is 9. The lowest BCUT2D eigenvalue weighted by atomic mass is 10.0. The zero-order valence-corrected chi connectivity index (χ0v) is 31.9. The van der Waals surface area contributed by atoms with Crippen molar-refractivity contribution in [1.82, 2.24) is 40.4 Å². The molecule has 2 fully saturated rings. The molecule has 4 aromatic rings. The van der Waals surface area contributed by atoms with Crippen molar-refractivity contribution in [3.63, 3.8) is 0 Å². The van der Waals surface area contributed by atoms with E-state index in [-0.39, 0.29) is 36.2 Å². The lowest BCUT2D eigenvalue weighted by molar-refractivity contribution is -0.136. The number of aliphatic hydroxyl groups is 1. The van der Waals surface area contributed by atoms with E-state index in [0.717, 1.165) is 46.3 Å². The molecule has 2 aromatic heterocycles. The zero-order valence-electron chi connectivity index (χ0n) is 31.9. The van der Waals surface area contributed by atoms with Crippen LogP contribution in [0.5, 0.6) is 0 Å². The number of carbonyl (C=O) groups excluding carboxylic acids is 4. The maximum absolute atomic E-state index is 13.5. The van der Waals surface area contributed by atoms with Crippen molar-refractivity contribution < 1.29 is 33.8 Å². The van der Waals surface area contributed by atoms with E-state index in [0.29, 0.717) is 24.6 Å². The summed E-state index contributed by atoms with van der Waals surface area (Å²) in [5.41, 5.74) is 4.81. The first-order valence-electron chi connectivity index (χ1n) is 18.5. The van der Waals surface area contributed by atoms with Crippen molar-refractivity contribution in [2.45, 2.75) is 77.2 Å². The van der Waals surface area contributed by atoms with Crippen molar-refractivity contribution >= 4 is 35.0 Å². The monoisotopic (exact) mass is 752 g/mol. The van der Waals surface area contributed by atoms with Gasteiger partial charge in [-0.2, -0.15) is 0 Å². The minimum absolute atomic E-state index is 0.121. The first kappa shape index (κ1) is 38.8. The first-order valence-corrected chi connectivity index (χ1v) is 18.5. The average Bonchev–Trinajstić information content (AvgIpc) is 4.00. The van der Waals surface area contributed by atoms with Crippen LogP contribution in [0, 0.1) is 23.7 Å². The normalized spacial score (nSPS) is 19.3. The number of benzene rings is 2. The molecule has 0 spiro atoms. The van der Waals surface area contributed by atoms with Gasteiger partial charge in [-0.05, 0) is 60.6 Å². The van der Waals surface area contributed by atoms with E-state index in [1.54, 1.807) is 16.0 Å². The number of aromatic nitrogens is 4. The van der Waals surface area contributed by atoms with Gasteiger partial charge in [-0.25, -0.2) is 19.6 Å². The number of nitrogens with zero attached hydrogens (tertiary/aromatic N) is 4. The molecule has 290 valence electrons. The summed E-state index contributed by atoms with van der Waals surface area (Å²) in [7, 11) is 2.52. The van der Waals surface area contributed by atoms with E-state index >= 15 is 0 Å². The zero-order chi connectivity index (χ0) is 39.4. The van der Waals surface area contributed by atoms with Crippen LogP contribution in [0.15, 0.2) is 48.7 Å². The van der Waals surface area contributed by atoms with Crippen LogP contribution < -0.4 is 10.6 Å². The number of nitrogens with one attached hydrogen (secondary N) is 4. The highest BCUT2D eigenvalue weighted by Gasteiger charge is 2.41. The Morgan fingerprint density at radius 3 is 2.09 bits per heavy atom. The van der Waals surface area contributed by atoms with Crippen molar-refractivity contribution in [3.8, 4) is 23.1 Å². The van der Waals surface area contributed by atoms with Crippen molar-refractivity contribution in [3.05, 3.63) is 71.4 Å². The van der Waals surface area contributed by atoms with Crippen LogP contribution in [0.1, 0.15) is 81.8 Å². The Morgan fingerprint density at radius 1 is 0.836 bits per heavy atom. The summed E-state index contributed by atoms with van der Waals surface area (Å²) in [6.45, 7) is 8.15. The Bertz CT molecular complexity index is 2100. The van der Waals surface area contributed by atoms with Crippen LogP contribution in [0.3, 0.4) is 0 Å². The number of aromatic amines is 2. The Balaban J connectivity index is 1.13. The molecule has 2 aromatic carbocycles. The van der Waals surface area contributed by atoms with Gasteiger partial charge in [-0.1, -0.05) is 51.7 Å². The number of fused-ring (bicyclic) bond motifs is 1. The van der Waals surface area contributed by atoms with Crippen molar-refractivity contribution in [2.24, 2.45) is 11.8 Å². The van der Waals surface area contributed by atoms with Gasteiger partial charge < -0.3 is 45.0 Å². The number of methoxy groups -OCH3 is 2. The van der Waals surface area contributed by atoms with Gasteiger partial charge in [-0.3, -0.25) is 9.59 Å². The molecule has 0 unspecified atom stereocenters. The highest BCUT2D eigenvalue weighted by molar-refractivity contribution is 5.87. The SMILES string of the molecule is COC(=O)N[C@H](C(=O)N1C[C@H](O)C[C@H]1c1ncc(-c2ccc(C#Cc3ccc4nc([C@@H]5CCCN5C(=O)[C@@H](NC(=O)OC)C(C)C)[nH]c4c3)cc2)[nH]1)C(C)C. The highest BCUT2D eigenvalue weighted by atomic mass is 16.5. The van der Waals surface area contributed by atoms with Gasteiger partial charge in [-0.15, -0.1) is 0 Å². The van der Waals surface area contributed by atoms with E-state index in [1.807, 2.05) is 70.2 Å². The van der Waals surface area contributed by atoms with Crippen LogP contribution >= 0.6 is 0 Å². The summed E-state index contributed by atoms with van der Waals surface area (Å²) >= 11 is 0. The molecule has 15 heteroatoms. The van der Waals surface area contributed by atoms with Crippen molar-refractivity contribution in [2.75, 3.05) is 27.3 Å². The second-order valence-electron chi connectivity index (χ2n) is 14.7. The number of hydrogen-bond donors (Lipinski definition) is 5. The lowest BCUT2D eigenvalue weighted by Crippen LogP contribution is -2.51. The van der Waals surface area contributed by atoms with Gasteiger partial charge in [0.2, 0.25) is 11.8 Å². The molecule has 5 atom stereocenters. The summed E-state index contributed by atoms with van der Waals surface area (Å²) < 4.78 is 9.46. The van der Waals surface area contributed by atoms with Gasteiger partial charge in [0.05, 0.1) is 55.3 Å². The van der Waals surface area contributed by atoms with Crippen molar-refractivity contribution in [1.29, 1.82) is 0 Å². The number of H-pyrrole nitrogens is 2. The molecule has 6 rings (SSSR count). The molecule has 0 saturated carbocycles. The summed E-state index contributed by atoms with van der Waals surface area (Å²) in [6.07, 6.45) is 1.54. The summed E-state index contributed by atoms with van der Waals surface area (Å²) in [4.78, 5) is 70.4. The number of rotatable bonds is 9. The van der Waals surface area contributed by atoms with Crippen LogP contribution in [-0.4, -0.2) is 104 Å². The van der Waals surface area contributed by atoms with Gasteiger partial charge in [0, 0.05) is 30.6 Å². The minimum atomic E-state index is -0.816. The molecule has 0 aliphatic carbocycles. The van der Waals surface area contributed by atoms with E-state index < -0.39 is 36.4 Å². The number of alkyl carbamates (subject to hydrolysis) is 2. The number of aliphatic hydroxyl groups excluding tert-OH is 1. The Morgan fingerprint density at radius 2 is 1.45 bits per heavy atom. The Kier molecular flexibility index (Phi) is 11.8. The number of imidazole rings is 2. The van der Waals surface area contributed by atoms with E-state index in [4.69, 9.17) is 14.5 Å². The first-order chi connectivity index (χ1) is 26.4. The van der Waals surface area contributed by atoms with Gasteiger partial charge in [0.1, 0.15) is 23.7 Å². The third-order valence-corrected chi connectivity index (χ3v) is 10.2.